The summed E-state index contributed by atoms with van der Waals surface area (Å²) in [6, 6.07) is 0.517. The van der Waals surface area contributed by atoms with E-state index in [0.29, 0.717) is 6.04 Å². The van der Waals surface area contributed by atoms with Gasteiger partial charge in [0.05, 0.1) is 5.25 Å². The third kappa shape index (κ3) is 4.03. The highest BCUT2D eigenvalue weighted by Crippen LogP contribution is 2.26. The van der Waals surface area contributed by atoms with Gasteiger partial charge < -0.3 is 10.6 Å². The summed E-state index contributed by atoms with van der Waals surface area (Å²) in [6.45, 7) is 2.81. The zero-order valence-electron chi connectivity index (χ0n) is 10.5. The Bertz CT molecular complexity index is 314. The molecule has 96 valence electrons. The fourth-order valence-electron chi connectivity index (χ4n) is 2.51. The smallest absolute Gasteiger partial charge is 0.150 e. The van der Waals surface area contributed by atoms with Gasteiger partial charge in [-0.15, -0.1) is 0 Å². The monoisotopic (exact) mass is 248 g/mol. The van der Waals surface area contributed by atoms with Crippen LogP contribution in [0, 0.1) is 0 Å². The molecule has 3 unspecified atom stereocenters. The molecule has 0 aliphatic heterocycles. The third-order valence-electron chi connectivity index (χ3n) is 3.40. The SMILES string of the molecule is CC(N)CN(C)C1CCCC(S(C)(=O)=O)C1. The van der Waals surface area contributed by atoms with E-state index in [4.69, 9.17) is 5.73 Å². The van der Waals surface area contributed by atoms with Crippen molar-refractivity contribution in [2.45, 2.75) is 49.9 Å². The fraction of sp³-hybridized carbons (Fsp3) is 1.00. The van der Waals surface area contributed by atoms with Crippen molar-refractivity contribution in [2.24, 2.45) is 5.73 Å². The molecule has 4 nitrogen and oxygen atoms in total. The predicted molar refractivity (Wildman–Crippen MR) is 67.2 cm³/mol. The van der Waals surface area contributed by atoms with E-state index in [2.05, 4.69) is 4.90 Å². The van der Waals surface area contributed by atoms with Gasteiger partial charge in [0.15, 0.2) is 0 Å². The summed E-state index contributed by atoms with van der Waals surface area (Å²) >= 11 is 0. The van der Waals surface area contributed by atoms with E-state index in [-0.39, 0.29) is 11.3 Å². The minimum absolute atomic E-state index is 0.142. The third-order valence-corrected chi connectivity index (χ3v) is 5.04. The highest BCUT2D eigenvalue weighted by molar-refractivity contribution is 7.91. The average Bonchev–Trinajstić information content (AvgIpc) is 2.15. The molecule has 0 amide bonds. The molecule has 0 aromatic heterocycles. The van der Waals surface area contributed by atoms with E-state index in [0.717, 1.165) is 32.2 Å². The van der Waals surface area contributed by atoms with Crippen molar-refractivity contribution >= 4 is 9.84 Å². The highest BCUT2D eigenvalue weighted by atomic mass is 32.2. The van der Waals surface area contributed by atoms with E-state index < -0.39 is 9.84 Å². The number of hydrogen-bond donors (Lipinski definition) is 1. The zero-order valence-corrected chi connectivity index (χ0v) is 11.3. The van der Waals surface area contributed by atoms with Crippen LogP contribution in [0.2, 0.25) is 0 Å². The van der Waals surface area contributed by atoms with Gasteiger partial charge in [0.1, 0.15) is 9.84 Å². The molecule has 0 bridgehead atoms. The molecule has 0 aromatic carbocycles. The lowest BCUT2D eigenvalue weighted by Crippen LogP contribution is -2.44. The van der Waals surface area contributed by atoms with Crippen molar-refractivity contribution in [3.8, 4) is 0 Å². The molecule has 2 N–H and O–H groups in total. The number of likely N-dealkylation sites (N-methyl/N-ethyl adjacent to an activating group) is 1. The molecule has 1 rings (SSSR count). The molecule has 0 spiro atoms. The number of hydrogen-bond acceptors (Lipinski definition) is 4. The van der Waals surface area contributed by atoms with Crippen LogP contribution in [0.5, 0.6) is 0 Å². The molecule has 0 radical (unpaired) electrons. The number of sulfone groups is 1. The lowest BCUT2D eigenvalue weighted by molar-refractivity contribution is 0.186. The second-order valence-electron chi connectivity index (χ2n) is 5.19. The summed E-state index contributed by atoms with van der Waals surface area (Å²) in [5.74, 6) is 0. The van der Waals surface area contributed by atoms with Gasteiger partial charge in [-0.05, 0) is 33.2 Å². The maximum absolute atomic E-state index is 11.5. The molecule has 0 aromatic rings. The second-order valence-corrected chi connectivity index (χ2v) is 7.51. The van der Waals surface area contributed by atoms with E-state index in [9.17, 15) is 8.42 Å². The van der Waals surface area contributed by atoms with Crippen molar-refractivity contribution in [3.63, 3.8) is 0 Å². The molecular formula is C11H24N2O2S. The molecule has 1 saturated carbocycles. The van der Waals surface area contributed by atoms with Gasteiger partial charge in [0.2, 0.25) is 0 Å². The molecular weight excluding hydrogens is 224 g/mol. The topological polar surface area (TPSA) is 63.4 Å². The summed E-state index contributed by atoms with van der Waals surface area (Å²) in [5, 5.41) is -0.151. The maximum atomic E-state index is 11.5. The van der Waals surface area contributed by atoms with E-state index in [1.807, 2.05) is 14.0 Å². The summed E-state index contributed by atoms with van der Waals surface area (Å²) in [5.41, 5.74) is 5.76. The van der Waals surface area contributed by atoms with Crippen molar-refractivity contribution in [2.75, 3.05) is 19.8 Å². The van der Waals surface area contributed by atoms with Gasteiger partial charge in [-0.3, -0.25) is 0 Å². The van der Waals surface area contributed by atoms with Crippen molar-refractivity contribution < 1.29 is 8.42 Å². The second kappa shape index (κ2) is 5.47. The molecule has 0 heterocycles. The van der Waals surface area contributed by atoms with Crippen molar-refractivity contribution in [3.05, 3.63) is 0 Å². The van der Waals surface area contributed by atoms with Crippen LogP contribution in [0.25, 0.3) is 0 Å². The summed E-state index contributed by atoms with van der Waals surface area (Å²) < 4.78 is 23.1. The first-order valence-corrected chi connectivity index (χ1v) is 7.91. The maximum Gasteiger partial charge on any atom is 0.150 e. The summed E-state index contributed by atoms with van der Waals surface area (Å²) in [7, 11) is -0.838. The van der Waals surface area contributed by atoms with E-state index in [1.54, 1.807) is 0 Å². The first-order chi connectivity index (χ1) is 7.30. The lowest BCUT2D eigenvalue weighted by atomic mass is 9.94. The van der Waals surface area contributed by atoms with Gasteiger partial charge >= 0.3 is 0 Å². The van der Waals surface area contributed by atoms with Crippen LogP contribution in [-0.2, 0) is 9.84 Å². The quantitative estimate of drug-likeness (QED) is 0.792. The van der Waals surface area contributed by atoms with Crippen LogP contribution in [0.4, 0.5) is 0 Å². The number of nitrogens with zero attached hydrogens (tertiary/aromatic N) is 1. The summed E-state index contributed by atoms with van der Waals surface area (Å²) in [6.07, 6.45) is 5.04. The molecule has 1 fully saturated rings. The Hall–Kier alpha value is -0.130. The fourth-order valence-corrected chi connectivity index (χ4v) is 3.68. The van der Waals surface area contributed by atoms with Crippen LogP contribution < -0.4 is 5.73 Å². The number of rotatable bonds is 4. The summed E-state index contributed by atoms with van der Waals surface area (Å²) in [4.78, 5) is 2.21. The Morgan fingerprint density at radius 2 is 2.06 bits per heavy atom. The normalized spacial score (nSPS) is 29.3. The van der Waals surface area contributed by atoms with Crippen LogP contribution >= 0.6 is 0 Å². The average molecular weight is 248 g/mol. The van der Waals surface area contributed by atoms with Crippen LogP contribution in [-0.4, -0.2) is 50.5 Å². The van der Waals surface area contributed by atoms with Gasteiger partial charge in [-0.25, -0.2) is 8.42 Å². The Labute approximate surface area is 99.1 Å². The first-order valence-electron chi connectivity index (χ1n) is 5.95. The van der Waals surface area contributed by atoms with E-state index >= 15 is 0 Å². The molecule has 5 heteroatoms. The van der Waals surface area contributed by atoms with Crippen molar-refractivity contribution in [1.29, 1.82) is 0 Å². The minimum atomic E-state index is -2.88. The molecule has 1 aliphatic carbocycles. The van der Waals surface area contributed by atoms with Gasteiger partial charge in [0, 0.05) is 24.9 Å². The first kappa shape index (κ1) is 13.9. The minimum Gasteiger partial charge on any atom is -0.327 e. The Morgan fingerprint density at radius 1 is 1.44 bits per heavy atom. The predicted octanol–water partition coefficient (Wildman–Crippen LogP) is 0.621. The Morgan fingerprint density at radius 3 is 2.56 bits per heavy atom. The van der Waals surface area contributed by atoms with Crippen molar-refractivity contribution in [1.82, 2.24) is 4.90 Å². The highest BCUT2D eigenvalue weighted by Gasteiger charge is 2.30. The van der Waals surface area contributed by atoms with Gasteiger partial charge in [-0.1, -0.05) is 6.42 Å². The largest absolute Gasteiger partial charge is 0.327 e. The standard InChI is InChI=1S/C11H24N2O2S/c1-9(12)8-13(2)10-5-4-6-11(7-10)16(3,14)15/h9-11H,4-8,12H2,1-3H3. The van der Waals surface area contributed by atoms with E-state index in [1.165, 1.54) is 6.26 Å². The molecule has 3 atom stereocenters. The Balaban J connectivity index is 2.57. The van der Waals surface area contributed by atoms with Crippen LogP contribution in [0.15, 0.2) is 0 Å². The lowest BCUT2D eigenvalue weighted by Gasteiger charge is -2.35. The zero-order chi connectivity index (χ0) is 12.3. The number of nitrogens with two attached hydrogens (primary N) is 1. The van der Waals surface area contributed by atoms with Crippen LogP contribution in [0.3, 0.4) is 0 Å². The molecule has 16 heavy (non-hydrogen) atoms. The van der Waals surface area contributed by atoms with Gasteiger partial charge in [-0.2, -0.15) is 0 Å². The Kier molecular flexibility index (Phi) is 4.76. The van der Waals surface area contributed by atoms with Crippen LogP contribution in [0.1, 0.15) is 32.6 Å². The molecule has 0 saturated heterocycles. The molecule has 1 aliphatic rings. The van der Waals surface area contributed by atoms with Gasteiger partial charge in [0.25, 0.3) is 0 Å².